The van der Waals surface area contributed by atoms with E-state index in [9.17, 15) is 4.79 Å². The fourth-order valence-corrected chi connectivity index (χ4v) is 2.81. The van der Waals surface area contributed by atoms with E-state index in [0.29, 0.717) is 31.0 Å². The second-order valence-electron chi connectivity index (χ2n) is 5.26. The van der Waals surface area contributed by atoms with E-state index in [2.05, 4.69) is 4.90 Å². The van der Waals surface area contributed by atoms with Crippen molar-refractivity contribution < 1.29 is 9.21 Å². The molecule has 2 aromatic rings. The lowest BCUT2D eigenvalue weighted by atomic mass is 10.2. The number of piperazine rings is 1. The summed E-state index contributed by atoms with van der Waals surface area (Å²) in [7, 11) is 0. The minimum absolute atomic E-state index is 0. The van der Waals surface area contributed by atoms with Gasteiger partial charge in [-0.3, -0.25) is 4.79 Å². The molecule has 1 aliphatic rings. The molecule has 1 aliphatic heterocycles. The third kappa shape index (κ3) is 3.99. The van der Waals surface area contributed by atoms with Crippen LogP contribution in [-0.4, -0.2) is 37.0 Å². The Morgan fingerprint density at radius 1 is 1.22 bits per heavy atom. The zero-order valence-electron chi connectivity index (χ0n) is 12.6. The standard InChI is InChI=1S/C16H18ClN3O2.ClH/c17-13-2-1-3-14(9-13)19-4-6-20(7-5-19)16(21)12-8-15(10-18)22-11-12;/h1-3,8-9,11H,4-7,10,18H2;1H. The minimum atomic E-state index is -0.00538. The summed E-state index contributed by atoms with van der Waals surface area (Å²) in [6, 6.07) is 9.50. The lowest BCUT2D eigenvalue weighted by Gasteiger charge is -2.36. The zero-order chi connectivity index (χ0) is 15.5. The van der Waals surface area contributed by atoms with Gasteiger partial charge in [0.05, 0.1) is 12.1 Å². The summed E-state index contributed by atoms with van der Waals surface area (Å²) in [6.45, 7) is 3.22. The van der Waals surface area contributed by atoms with Crippen molar-refractivity contribution in [2.45, 2.75) is 6.54 Å². The van der Waals surface area contributed by atoms with Crippen molar-refractivity contribution in [2.75, 3.05) is 31.1 Å². The van der Waals surface area contributed by atoms with Crippen molar-refractivity contribution in [3.63, 3.8) is 0 Å². The van der Waals surface area contributed by atoms with Gasteiger partial charge in [0.2, 0.25) is 0 Å². The number of rotatable bonds is 3. The molecule has 1 saturated heterocycles. The van der Waals surface area contributed by atoms with Gasteiger partial charge in [0.15, 0.2) is 0 Å². The van der Waals surface area contributed by atoms with Crippen LogP contribution in [-0.2, 0) is 6.54 Å². The Bertz CT molecular complexity index is 667. The van der Waals surface area contributed by atoms with E-state index in [1.54, 1.807) is 6.07 Å². The Balaban J connectivity index is 0.00000192. The number of carbonyl (C=O) groups excluding carboxylic acids is 1. The summed E-state index contributed by atoms with van der Waals surface area (Å²) in [6.07, 6.45) is 1.48. The third-order valence-corrected chi connectivity index (χ3v) is 4.08. The van der Waals surface area contributed by atoms with Crippen LogP contribution in [0.4, 0.5) is 5.69 Å². The summed E-state index contributed by atoms with van der Waals surface area (Å²) in [4.78, 5) is 16.5. The van der Waals surface area contributed by atoms with E-state index >= 15 is 0 Å². The lowest BCUT2D eigenvalue weighted by molar-refractivity contribution is 0.0746. The van der Waals surface area contributed by atoms with E-state index in [4.69, 9.17) is 21.8 Å². The monoisotopic (exact) mass is 355 g/mol. The van der Waals surface area contributed by atoms with Gasteiger partial charge < -0.3 is 20.0 Å². The number of halogens is 2. The first-order valence-electron chi connectivity index (χ1n) is 7.24. The smallest absolute Gasteiger partial charge is 0.257 e. The highest BCUT2D eigenvalue weighted by atomic mass is 35.5. The van der Waals surface area contributed by atoms with Crippen LogP contribution >= 0.6 is 24.0 Å². The van der Waals surface area contributed by atoms with Crippen LogP contribution in [0.25, 0.3) is 0 Å². The van der Waals surface area contributed by atoms with Crippen LogP contribution in [0.1, 0.15) is 16.1 Å². The minimum Gasteiger partial charge on any atom is -0.467 e. The molecule has 1 amide bonds. The SMILES string of the molecule is Cl.NCc1cc(C(=O)N2CCN(c3cccc(Cl)c3)CC2)co1. The van der Waals surface area contributed by atoms with Crippen LogP contribution in [0, 0.1) is 0 Å². The maximum absolute atomic E-state index is 12.4. The molecule has 0 radical (unpaired) electrons. The zero-order valence-corrected chi connectivity index (χ0v) is 14.1. The predicted octanol–water partition coefficient (Wildman–Crippen LogP) is 2.78. The molecule has 2 heterocycles. The van der Waals surface area contributed by atoms with E-state index in [-0.39, 0.29) is 18.3 Å². The molecule has 5 nitrogen and oxygen atoms in total. The molecule has 23 heavy (non-hydrogen) atoms. The van der Waals surface area contributed by atoms with Crippen molar-refractivity contribution in [3.8, 4) is 0 Å². The number of carbonyl (C=O) groups is 1. The highest BCUT2D eigenvalue weighted by Crippen LogP contribution is 2.21. The largest absolute Gasteiger partial charge is 0.467 e. The van der Waals surface area contributed by atoms with Crippen LogP contribution in [0.15, 0.2) is 41.0 Å². The van der Waals surface area contributed by atoms with Crippen molar-refractivity contribution in [2.24, 2.45) is 5.73 Å². The van der Waals surface area contributed by atoms with Gasteiger partial charge in [-0.1, -0.05) is 17.7 Å². The first kappa shape index (κ1) is 17.7. The average Bonchev–Trinajstić information content (AvgIpc) is 3.03. The van der Waals surface area contributed by atoms with Gasteiger partial charge in [0, 0.05) is 36.9 Å². The molecule has 124 valence electrons. The Labute approximate surface area is 146 Å². The van der Waals surface area contributed by atoms with Gasteiger partial charge in [0.25, 0.3) is 5.91 Å². The molecule has 0 atom stereocenters. The molecule has 0 aliphatic carbocycles. The maximum Gasteiger partial charge on any atom is 0.257 e. The fraction of sp³-hybridized carbons (Fsp3) is 0.312. The maximum atomic E-state index is 12.4. The molecular formula is C16H19Cl2N3O2. The first-order chi connectivity index (χ1) is 10.7. The van der Waals surface area contributed by atoms with Gasteiger partial charge >= 0.3 is 0 Å². The number of benzene rings is 1. The summed E-state index contributed by atoms with van der Waals surface area (Å²) < 4.78 is 5.23. The molecule has 0 bridgehead atoms. The Hall–Kier alpha value is -1.69. The molecule has 0 spiro atoms. The average molecular weight is 356 g/mol. The van der Waals surface area contributed by atoms with Crippen LogP contribution in [0.5, 0.6) is 0 Å². The molecule has 1 fully saturated rings. The van der Waals surface area contributed by atoms with E-state index < -0.39 is 0 Å². The Morgan fingerprint density at radius 3 is 2.57 bits per heavy atom. The molecule has 0 unspecified atom stereocenters. The molecule has 0 saturated carbocycles. The molecular weight excluding hydrogens is 337 g/mol. The molecule has 3 rings (SSSR count). The first-order valence-corrected chi connectivity index (χ1v) is 7.62. The van der Waals surface area contributed by atoms with Gasteiger partial charge in [-0.05, 0) is 24.3 Å². The fourth-order valence-electron chi connectivity index (χ4n) is 2.62. The highest BCUT2D eigenvalue weighted by Gasteiger charge is 2.23. The topological polar surface area (TPSA) is 62.7 Å². The second kappa shape index (κ2) is 7.73. The van der Waals surface area contributed by atoms with Gasteiger partial charge in [-0.15, -0.1) is 12.4 Å². The number of furan rings is 1. The van der Waals surface area contributed by atoms with Crippen molar-refractivity contribution in [3.05, 3.63) is 52.9 Å². The molecule has 7 heteroatoms. The summed E-state index contributed by atoms with van der Waals surface area (Å²) >= 11 is 6.03. The van der Waals surface area contributed by atoms with Gasteiger partial charge in [-0.25, -0.2) is 0 Å². The number of hydrogen-bond acceptors (Lipinski definition) is 4. The number of amides is 1. The summed E-state index contributed by atoms with van der Waals surface area (Å²) in [5.74, 6) is 0.620. The van der Waals surface area contributed by atoms with E-state index in [0.717, 1.165) is 23.8 Å². The normalized spacial score (nSPS) is 14.5. The summed E-state index contributed by atoms with van der Waals surface area (Å²) in [5, 5.41) is 0.726. The highest BCUT2D eigenvalue weighted by molar-refractivity contribution is 6.30. The van der Waals surface area contributed by atoms with Gasteiger partial charge in [-0.2, -0.15) is 0 Å². The van der Waals surface area contributed by atoms with E-state index in [1.165, 1.54) is 6.26 Å². The van der Waals surface area contributed by atoms with Crippen molar-refractivity contribution in [1.29, 1.82) is 0 Å². The number of hydrogen-bond donors (Lipinski definition) is 1. The third-order valence-electron chi connectivity index (χ3n) is 3.84. The van der Waals surface area contributed by atoms with Crippen LogP contribution in [0.3, 0.4) is 0 Å². The number of anilines is 1. The Morgan fingerprint density at radius 2 is 1.96 bits per heavy atom. The van der Waals surface area contributed by atoms with Crippen molar-refractivity contribution in [1.82, 2.24) is 4.90 Å². The van der Waals surface area contributed by atoms with Crippen molar-refractivity contribution >= 4 is 35.6 Å². The molecule has 2 N–H and O–H groups in total. The van der Waals surface area contributed by atoms with Crippen LogP contribution < -0.4 is 10.6 Å². The Kier molecular flexibility index (Phi) is 5.93. The number of nitrogens with zero attached hydrogens (tertiary/aromatic N) is 2. The summed E-state index contributed by atoms with van der Waals surface area (Å²) in [5.41, 5.74) is 7.16. The van der Waals surface area contributed by atoms with E-state index in [1.807, 2.05) is 29.2 Å². The van der Waals surface area contributed by atoms with Gasteiger partial charge in [0.1, 0.15) is 12.0 Å². The quantitative estimate of drug-likeness (QED) is 0.919. The lowest BCUT2D eigenvalue weighted by Crippen LogP contribution is -2.48. The predicted molar refractivity (Wildman–Crippen MR) is 93.4 cm³/mol. The number of nitrogens with two attached hydrogens (primary N) is 1. The molecule has 1 aromatic carbocycles. The second-order valence-corrected chi connectivity index (χ2v) is 5.70. The molecule has 1 aromatic heterocycles. The van der Waals surface area contributed by atoms with Crippen LogP contribution in [0.2, 0.25) is 5.02 Å².